The number of piperidine rings is 2. The van der Waals surface area contributed by atoms with Gasteiger partial charge in [-0.25, -0.2) is 0 Å². The predicted octanol–water partition coefficient (Wildman–Crippen LogP) is 1.19. The van der Waals surface area contributed by atoms with E-state index in [9.17, 15) is 4.79 Å². The van der Waals surface area contributed by atoms with Gasteiger partial charge in [0.05, 0.1) is 12.1 Å². The van der Waals surface area contributed by atoms with Crippen LogP contribution in [0.1, 0.15) is 38.1 Å². The number of carbonyl (C=O) groups is 1. The van der Waals surface area contributed by atoms with Crippen LogP contribution >= 0.6 is 0 Å². The number of hydrogen-bond acceptors (Lipinski definition) is 3. The molecule has 3 rings (SSSR count). The molecule has 2 aliphatic rings. The van der Waals surface area contributed by atoms with E-state index in [1.54, 1.807) is 0 Å². The highest BCUT2D eigenvalue weighted by molar-refractivity contribution is 5.82. The summed E-state index contributed by atoms with van der Waals surface area (Å²) < 4.78 is 2.03. The average Bonchev–Trinajstić information content (AvgIpc) is 3.02. The molecule has 0 bridgehead atoms. The van der Waals surface area contributed by atoms with Crippen LogP contribution in [-0.4, -0.2) is 46.3 Å². The number of likely N-dealkylation sites (tertiary alicyclic amines) is 1. The van der Waals surface area contributed by atoms with E-state index >= 15 is 0 Å². The second-order valence-electron chi connectivity index (χ2n) is 5.55. The van der Waals surface area contributed by atoms with E-state index < -0.39 is 0 Å². The predicted molar refractivity (Wildman–Crippen MR) is 72.7 cm³/mol. The maximum atomic E-state index is 12.4. The lowest BCUT2D eigenvalue weighted by Gasteiger charge is -2.35. The Hall–Kier alpha value is -1.36. The van der Waals surface area contributed by atoms with Crippen LogP contribution < -0.4 is 5.32 Å². The Kier molecular flexibility index (Phi) is 3.82. The second kappa shape index (κ2) is 5.74. The highest BCUT2D eigenvalue weighted by atomic mass is 16.2. The van der Waals surface area contributed by atoms with Gasteiger partial charge in [-0.3, -0.25) is 9.48 Å². The first-order chi connectivity index (χ1) is 9.34. The summed E-state index contributed by atoms with van der Waals surface area (Å²) in [5, 5.41) is 7.65. The van der Waals surface area contributed by atoms with Crippen molar-refractivity contribution in [1.82, 2.24) is 20.0 Å². The standard InChI is InChI=1S/C14H22N4O/c19-14(13-4-1-2-7-15-13)17-10-5-12(6-11-17)18-9-3-8-16-18/h3,8-9,12-13,15H,1-2,4-7,10-11H2. The summed E-state index contributed by atoms with van der Waals surface area (Å²) in [6, 6.07) is 2.48. The number of carbonyl (C=O) groups excluding carboxylic acids is 1. The normalized spacial score (nSPS) is 25.5. The summed E-state index contributed by atoms with van der Waals surface area (Å²) in [5.41, 5.74) is 0. The highest BCUT2D eigenvalue weighted by Crippen LogP contribution is 2.22. The Morgan fingerprint density at radius 3 is 2.68 bits per heavy atom. The lowest BCUT2D eigenvalue weighted by atomic mass is 10.0. The van der Waals surface area contributed by atoms with E-state index in [4.69, 9.17) is 0 Å². The van der Waals surface area contributed by atoms with Gasteiger partial charge >= 0.3 is 0 Å². The van der Waals surface area contributed by atoms with E-state index in [1.807, 2.05) is 28.0 Å². The van der Waals surface area contributed by atoms with E-state index in [2.05, 4.69) is 10.4 Å². The fraction of sp³-hybridized carbons (Fsp3) is 0.714. The molecule has 0 saturated carbocycles. The first-order valence-electron chi connectivity index (χ1n) is 7.36. The number of nitrogens with zero attached hydrogens (tertiary/aromatic N) is 3. The van der Waals surface area contributed by atoms with Gasteiger partial charge < -0.3 is 10.2 Å². The minimum Gasteiger partial charge on any atom is -0.341 e. The molecular weight excluding hydrogens is 240 g/mol. The first kappa shape index (κ1) is 12.7. The van der Waals surface area contributed by atoms with Crippen molar-refractivity contribution in [2.45, 2.75) is 44.2 Å². The van der Waals surface area contributed by atoms with E-state index in [0.29, 0.717) is 11.9 Å². The van der Waals surface area contributed by atoms with Crippen molar-refractivity contribution in [1.29, 1.82) is 0 Å². The van der Waals surface area contributed by atoms with Crippen LogP contribution in [0.15, 0.2) is 18.5 Å². The zero-order valence-corrected chi connectivity index (χ0v) is 11.3. The summed E-state index contributed by atoms with van der Waals surface area (Å²) in [5.74, 6) is 0.304. The highest BCUT2D eigenvalue weighted by Gasteiger charge is 2.29. The number of rotatable bonds is 2. The zero-order valence-electron chi connectivity index (χ0n) is 11.3. The molecule has 5 heteroatoms. The van der Waals surface area contributed by atoms with Crippen LogP contribution in [0, 0.1) is 0 Å². The third-order valence-corrected chi connectivity index (χ3v) is 4.28. The lowest BCUT2D eigenvalue weighted by molar-refractivity contribution is -0.135. The molecule has 2 saturated heterocycles. The lowest BCUT2D eigenvalue weighted by Crippen LogP contribution is -2.50. The number of aromatic nitrogens is 2. The van der Waals surface area contributed by atoms with Gasteiger partial charge in [-0.2, -0.15) is 5.10 Å². The number of hydrogen-bond donors (Lipinski definition) is 1. The minimum atomic E-state index is 0.0648. The first-order valence-corrected chi connectivity index (χ1v) is 7.36. The van der Waals surface area contributed by atoms with Crippen LogP contribution in [0.4, 0.5) is 0 Å². The molecule has 1 unspecified atom stereocenters. The van der Waals surface area contributed by atoms with Crippen LogP contribution in [-0.2, 0) is 4.79 Å². The van der Waals surface area contributed by atoms with Gasteiger partial charge in [0.2, 0.25) is 5.91 Å². The molecule has 1 aromatic rings. The molecule has 1 amide bonds. The van der Waals surface area contributed by atoms with Crippen molar-refractivity contribution in [3.05, 3.63) is 18.5 Å². The van der Waals surface area contributed by atoms with Crippen LogP contribution in [0.3, 0.4) is 0 Å². The monoisotopic (exact) mass is 262 g/mol. The third-order valence-electron chi connectivity index (χ3n) is 4.28. The Morgan fingerprint density at radius 1 is 1.21 bits per heavy atom. The molecule has 2 aliphatic heterocycles. The minimum absolute atomic E-state index is 0.0648. The topological polar surface area (TPSA) is 50.2 Å². The van der Waals surface area contributed by atoms with Gasteiger partial charge in [-0.15, -0.1) is 0 Å². The maximum absolute atomic E-state index is 12.4. The molecule has 19 heavy (non-hydrogen) atoms. The van der Waals surface area contributed by atoms with Crippen molar-refractivity contribution in [3.8, 4) is 0 Å². The zero-order chi connectivity index (χ0) is 13.1. The van der Waals surface area contributed by atoms with E-state index in [0.717, 1.165) is 38.9 Å². The molecule has 1 N–H and O–H groups in total. The Balaban J connectivity index is 1.53. The summed E-state index contributed by atoms with van der Waals surface area (Å²) in [4.78, 5) is 14.4. The van der Waals surface area contributed by atoms with Gasteiger partial charge in [0, 0.05) is 25.5 Å². The maximum Gasteiger partial charge on any atom is 0.239 e. The molecule has 0 aliphatic carbocycles. The number of nitrogens with one attached hydrogen (secondary N) is 1. The average molecular weight is 262 g/mol. The third kappa shape index (κ3) is 2.81. The second-order valence-corrected chi connectivity index (χ2v) is 5.55. The van der Waals surface area contributed by atoms with Crippen LogP contribution in [0.5, 0.6) is 0 Å². The molecule has 1 aromatic heterocycles. The van der Waals surface area contributed by atoms with Gasteiger partial charge in [-0.05, 0) is 38.3 Å². The fourth-order valence-corrected chi connectivity index (χ4v) is 3.13. The smallest absolute Gasteiger partial charge is 0.239 e. The van der Waals surface area contributed by atoms with Gasteiger partial charge in [-0.1, -0.05) is 6.42 Å². The SMILES string of the molecule is O=C(C1CCCCN1)N1CCC(n2cccn2)CC1. The molecule has 1 atom stereocenters. The molecule has 0 aromatic carbocycles. The van der Waals surface area contributed by atoms with Gasteiger partial charge in [0.15, 0.2) is 0 Å². The van der Waals surface area contributed by atoms with E-state index in [1.165, 1.54) is 12.8 Å². The summed E-state index contributed by atoms with van der Waals surface area (Å²) in [6.45, 7) is 2.71. The molecule has 2 fully saturated rings. The molecule has 3 heterocycles. The fourth-order valence-electron chi connectivity index (χ4n) is 3.13. The van der Waals surface area contributed by atoms with Crippen molar-refractivity contribution in [3.63, 3.8) is 0 Å². The number of amides is 1. The Bertz CT molecular complexity index is 403. The molecule has 104 valence electrons. The van der Waals surface area contributed by atoms with Crippen molar-refractivity contribution in [2.24, 2.45) is 0 Å². The van der Waals surface area contributed by atoms with Crippen LogP contribution in [0.25, 0.3) is 0 Å². The quantitative estimate of drug-likeness (QED) is 0.871. The molecule has 5 nitrogen and oxygen atoms in total. The summed E-state index contributed by atoms with van der Waals surface area (Å²) in [7, 11) is 0. The molecular formula is C14H22N4O. The summed E-state index contributed by atoms with van der Waals surface area (Å²) in [6.07, 6.45) is 9.24. The van der Waals surface area contributed by atoms with Crippen molar-refractivity contribution in [2.75, 3.05) is 19.6 Å². The molecule has 0 spiro atoms. The Morgan fingerprint density at radius 2 is 2.05 bits per heavy atom. The molecule has 0 radical (unpaired) electrons. The van der Waals surface area contributed by atoms with Gasteiger partial charge in [0.1, 0.15) is 0 Å². The van der Waals surface area contributed by atoms with E-state index in [-0.39, 0.29) is 6.04 Å². The van der Waals surface area contributed by atoms with Crippen molar-refractivity contribution >= 4 is 5.91 Å². The van der Waals surface area contributed by atoms with Gasteiger partial charge in [0.25, 0.3) is 0 Å². The Labute approximate surface area is 114 Å². The van der Waals surface area contributed by atoms with Crippen molar-refractivity contribution < 1.29 is 4.79 Å². The largest absolute Gasteiger partial charge is 0.341 e. The summed E-state index contributed by atoms with van der Waals surface area (Å²) >= 11 is 0. The van der Waals surface area contributed by atoms with Crippen LogP contribution in [0.2, 0.25) is 0 Å².